The number of ether oxygens (including phenoxy) is 2. The molecule has 8 heteroatoms. The largest absolute Gasteiger partial charge is 0.482 e. The maximum atomic E-state index is 11.9. The summed E-state index contributed by atoms with van der Waals surface area (Å²) in [4.78, 5) is 26.0. The molecule has 4 aliphatic rings. The van der Waals surface area contributed by atoms with Crippen molar-refractivity contribution in [2.75, 3.05) is 44.7 Å². The van der Waals surface area contributed by atoms with Gasteiger partial charge in [-0.05, 0) is 62.8 Å². The first-order valence-electron chi connectivity index (χ1n) is 13.2. The number of aryl methyl sites for hydroxylation is 1. The minimum atomic E-state index is -0.116. The second-order valence-corrected chi connectivity index (χ2v) is 10.5. The SMILES string of the molecule is C=CC(=O)N1CC[C@@H](N2CC(c3cc4c(c(C)n3)O[C@H](C)c3c(C5CCOCC5)ccnc3N4)C2)C1. The van der Waals surface area contributed by atoms with Crippen LogP contribution in [0.1, 0.15) is 66.6 Å². The highest BCUT2D eigenvalue weighted by Gasteiger charge is 2.39. The fourth-order valence-electron chi connectivity index (χ4n) is 6.25. The van der Waals surface area contributed by atoms with Crippen molar-refractivity contribution in [2.45, 2.75) is 57.1 Å². The number of aromatic nitrogens is 2. The van der Waals surface area contributed by atoms with Crippen LogP contribution in [0.15, 0.2) is 31.0 Å². The Kier molecular flexibility index (Phi) is 6.17. The van der Waals surface area contributed by atoms with Gasteiger partial charge in [0.25, 0.3) is 0 Å². The first kappa shape index (κ1) is 23.4. The van der Waals surface area contributed by atoms with Crippen molar-refractivity contribution < 1.29 is 14.3 Å². The minimum absolute atomic E-state index is 0.0341. The Balaban J connectivity index is 1.21. The Morgan fingerprint density at radius 2 is 2.00 bits per heavy atom. The number of nitrogens with one attached hydrogen (secondary N) is 1. The molecule has 0 aromatic carbocycles. The molecule has 0 radical (unpaired) electrons. The Labute approximate surface area is 212 Å². The molecule has 4 aliphatic heterocycles. The molecule has 0 saturated carbocycles. The molecule has 6 heterocycles. The van der Waals surface area contributed by atoms with Crippen LogP contribution in [0.4, 0.5) is 11.5 Å². The molecule has 0 aliphatic carbocycles. The van der Waals surface area contributed by atoms with E-state index in [-0.39, 0.29) is 12.0 Å². The predicted octanol–water partition coefficient (Wildman–Crippen LogP) is 4.06. The third-order valence-corrected chi connectivity index (χ3v) is 8.30. The highest BCUT2D eigenvalue weighted by molar-refractivity contribution is 5.87. The second-order valence-electron chi connectivity index (χ2n) is 10.5. The number of pyridine rings is 2. The molecule has 36 heavy (non-hydrogen) atoms. The van der Waals surface area contributed by atoms with Crippen LogP contribution in [0.25, 0.3) is 0 Å². The fraction of sp³-hybridized carbons (Fsp3) is 0.536. The van der Waals surface area contributed by atoms with E-state index in [1.54, 1.807) is 0 Å². The summed E-state index contributed by atoms with van der Waals surface area (Å²) in [6, 6.07) is 4.73. The lowest BCUT2D eigenvalue weighted by molar-refractivity contribution is -0.125. The van der Waals surface area contributed by atoms with Gasteiger partial charge >= 0.3 is 0 Å². The quantitative estimate of drug-likeness (QED) is 0.649. The Morgan fingerprint density at radius 3 is 2.78 bits per heavy atom. The lowest BCUT2D eigenvalue weighted by atomic mass is 9.87. The summed E-state index contributed by atoms with van der Waals surface area (Å²) in [6.45, 7) is 12.9. The van der Waals surface area contributed by atoms with Gasteiger partial charge in [-0.1, -0.05) is 6.58 Å². The minimum Gasteiger partial charge on any atom is -0.482 e. The van der Waals surface area contributed by atoms with Crippen molar-refractivity contribution in [1.82, 2.24) is 19.8 Å². The van der Waals surface area contributed by atoms with Crippen LogP contribution >= 0.6 is 0 Å². The Bertz CT molecular complexity index is 1170. The Hall–Kier alpha value is -2.97. The summed E-state index contributed by atoms with van der Waals surface area (Å²) >= 11 is 0. The van der Waals surface area contributed by atoms with Gasteiger partial charge in [0.15, 0.2) is 5.75 Å². The molecule has 0 bridgehead atoms. The van der Waals surface area contributed by atoms with Crippen LogP contribution in [0.2, 0.25) is 0 Å². The molecule has 2 aromatic heterocycles. The molecule has 2 atom stereocenters. The van der Waals surface area contributed by atoms with Gasteiger partial charge in [0.1, 0.15) is 11.9 Å². The monoisotopic (exact) mass is 489 g/mol. The highest BCUT2D eigenvalue weighted by atomic mass is 16.5. The zero-order chi connectivity index (χ0) is 24.8. The van der Waals surface area contributed by atoms with E-state index in [0.717, 1.165) is 92.9 Å². The lowest BCUT2D eigenvalue weighted by Gasteiger charge is -2.43. The zero-order valence-corrected chi connectivity index (χ0v) is 21.2. The fourth-order valence-corrected chi connectivity index (χ4v) is 6.25. The van der Waals surface area contributed by atoms with Crippen LogP contribution in [0, 0.1) is 6.92 Å². The van der Waals surface area contributed by atoms with Gasteiger partial charge in [-0.2, -0.15) is 0 Å². The molecule has 2 aromatic rings. The van der Waals surface area contributed by atoms with E-state index in [2.05, 4.69) is 35.9 Å². The number of hydrogen-bond donors (Lipinski definition) is 1. The molecule has 1 N–H and O–H groups in total. The number of hydrogen-bond acceptors (Lipinski definition) is 7. The molecular weight excluding hydrogens is 454 g/mol. The molecule has 3 fully saturated rings. The van der Waals surface area contributed by atoms with E-state index in [1.165, 1.54) is 11.6 Å². The first-order chi connectivity index (χ1) is 17.5. The van der Waals surface area contributed by atoms with Crippen molar-refractivity contribution in [3.05, 3.63) is 53.5 Å². The molecule has 8 nitrogen and oxygen atoms in total. The average molecular weight is 490 g/mol. The van der Waals surface area contributed by atoms with E-state index >= 15 is 0 Å². The number of nitrogens with zero attached hydrogens (tertiary/aromatic N) is 4. The van der Waals surface area contributed by atoms with Crippen molar-refractivity contribution >= 4 is 17.4 Å². The molecule has 0 unspecified atom stereocenters. The van der Waals surface area contributed by atoms with Gasteiger partial charge in [0.05, 0.1) is 11.4 Å². The van der Waals surface area contributed by atoms with E-state index in [9.17, 15) is 4.79 Å². The number of carbonyl (C=O) groups is 1. The maximum Gasteiger partial charge on any atom is 0.246 e. The maximum absolute atomic E-state index is 11.9. The summed E-state index contributed by atoms with van der Waals surface area (Å²) in [7, 11) is 0. The second kappa shape index (κ2) is 9.48. The highest BCUT2D eigenvalue weighted by Crippen LogP contribution is 2.44. The standard InChI is InChI=1S/C28H35N5O3/c1-4-25(34)32-10-6-21(16-32)33-14-20(15-33)23-13-24-27(17(2)30-23)36-18(3)26-22(5-9-29-28(26)31-24)19-7-11-35-12-8-19/h4-5,9,13,18-21H,1,6-8,10-12,14-16H2,2-3H3,(H,29,31)/t18-,21-/m1/s1. The van der Waals surface area contributed by atoms with Crippen molar-refractivity contribution in [3.63, 3.8) is 0 Å². The third-order valence-electron chi connectivity index (χ3n) is 8.30. The number of rotatable bonds is 4. The summed E-state index contributed by atoms with van der Waals surface area (Å²) in [5.41, 5.74) is 5.41. The molecule has 190 valence electrons. The smallest absolute Gasteiger partial charge is 0.246 e. The number of likely N-dealkylation sites (tertiary alicyclic amines) is 2. The topological polar surface area (TPSA) is 79.8 Å². The number of fused-ring (bicyclic) bond motifs is 2. The molecule has 0 spiro atoms. The molecular formula is C28H35N5O3. The van der Waals surface area contributed by atoms with Gasteiger partial charge in [0, 0.05) is 68.8 Å². The van der Waals surface area contributed by atoms with E-state index < -0.39 is 0 Å². The van der Waals surface area contributed by atoms with Crippen molar-refractivity contribution in [3.8, 4) is 5.75 Å². The number of carbonyl (C=O) groups excluding carboxylic acids is 1. The number of anilines is 2. The van der Waals surface area contributed by atoms with Gasteiger partial charge in [-0.15, -0.1) is 0 Å². The average Bonchev–Trinajstić information content (AvgIpc) is 3.29. The summed E-state index contributed by atoms with van der Waals surface area (Å²) < 4.78 is 12.1. The Morgan fingerprint density at radius 1 is 1.19 bits per heavy atom. The van der Waals surface area contributed by atoms with Crippen LogP contribution < -0.4 is 10.1 Å². The lowest BCUT2D eigenvalue weighted by Crippen LogP contribution is -2.52. The van der Waals surface area contributed by atoms with Gasteiger partial charge in [-0.3, -0.25) is 14.7 Å². The normalized spacial score (nSPS) is 24.7. The summed E-state index contributed by atoms with van der Waals surface area (Å²) in [5.74, 6) is 2.57. The van der Waals surface area contributed by atoms with Crippen molar-refractivity contribution in [1.29, 1.82) is 0 Å². The predicted molar refractivity (Wildman–Crippen MR) is 138 cm³/mol. The number of amides is 1. The van der Waals surface area contributed by atoms with Crippen LogP contribution in [0.3, 0.4) is 0 Å². The zero-order valence-electron chi connectivity index (χ0n) is 21.2. The molecule has 1 amide bonds. The van der Waals surface area contributed by atoms with Crippen LogP contribution in [-0.2, 0) is 9.53 Å². The van der Waals surface area contributed by atoms with E-state index in [1.807, 2.05) is 18.0 Å². The first-order valence-corrected chi connectivity index (χ1v) is 13.2. The summed E-state index contributed by atoms with van der Waals surface area (Å²) in [5, 5.41) is 3.61. The van der Waals surface area contributed by atoms with Crippen LogP contribution in [-0.4, -0.2) is 71.1 Å². The third kappa shape index (κ3) is 4.16. The molecule has 6 rings (SSSR count). The van der Waals surface area contributed by atoms with E-state index in [4.69, 9.17) is 19.4 Å². The summed E-state index contributed by atoms with van der Waals surface area (Å²) in [6.07, 6.45) is 6.29. The van der Waals surface area contributed by atoms with Gasteiger partial charge < -0.3 is 19.7 Å². The molecule has 3 saturated heterocycles. The van der Waals surface area contributed by atoms with Gasteiger partial charge in [0.2, 0.25) is 5.91 Å². The van der Waals surface area contributed by atoms with Crippen LogP contribution in [0.5, 0.6) is 5.75 Å². The van der Waals surface area contributed by atoms with E-state index in [0.29, 0.717) is 17.9 Å². The van der Waals surface area contributed by atoms with Gasteiger partial charge in [-0.25, -0.2) is 4.98 Å². The van der Waals surface area contributed by atoms with Crippen molar-refractivity contribution in [2.24, 2.45) is 0 Å².